The molecule has 4 aliphatic rings. The summed E-state index contributed by atoms with van der Waals surface area (Å²) in [5.74, 6) is 0.381. The summed E-state index contributed by atoms with van der Waals surface area (Å²) in [5.41, 5.74) is 2.27. The lowest BCUT2D eigenvalue weighted by molar-refractivity contribution is -0.131. The van der Waals surface area contributed by atoms with Gasteiger partial charge in [0.25, 0.3) is 0 Å². The van der Waals surface area contributed by atoms with Gasteiger partial charge in [-0.05, 0) is 69.2 Å². The number of nitrogens with one attached hydrogen (secondary N) is 2. The normalized spacial score (nSPS) is 23.9. The highest BCUT2D eigenvalue weighted by Crippen LogP contribution is 2.43. The number of carbonyl (C=O) groups excluding carboxylic acids is 1. The molecule has 242 valence electrons. The van der Waals surface area contributed by atoms with Crippen LogP contribution in [0.2, 0.25) is 0 Å². The number of rotatable bonds is 12. The molecular weight excluding hydrogens is 571 g/mol. The third-order valence-electron chi connectivity index (χ3n) is 8.98. The molecule has 44 heavy (non-hydrogen) atoms. The van der Waals surface area contributed by atoms with Crippen LogP contribution in [-0.4, -0.2) is 80.5 Å². The number of hydrogen-bond donors (Lipinski definition) is 2. The SMILES string of the molecule is CCC/C=C(NCCCN1C(=O)C2COCC1C2)/C(=C\N=C(C)Nc1ccc(N2CCOC3(CC3)C2)cc1CC)C(F)(F)F. The summed E-state index contributed by atoms with van der Waals surface area (Å²) in [6.07, 6.45) is 3.44. The number of unbranched alkanes of at least 4 members (excludes halogenated alkanes) is 1. The third-order valence-corrected chi connectivity index (χ3v) is 8.98. The lowest BCUT2D eigenvalue weighted by atomic mass is 10.0. The van der Waals surface area contributed by atoms with Crippen molar-refractivity contribution in [2.24, 2.45) is 10.9 Å². The number of allylic oxidation sites excluding steroid dienone is 2. The second-order valence-electron chi connectivity index (χ2n) is 12.4. The minimum atomic E-state index is -4.59. The van der Waals surface area contributed by atoms with Gasteiger partial charge in [-0.25, -0.2) is 4.99 Å². The van der Waals surface area contributed by atoms with Crippen LogP contribution in [0.25, 0.3) is 0 Å². The molecule has 3 saturated heterocycles. The number of halogens is 3. The van der Waals surface area contributed by atoms with Crippen molar-refractivity contribution in [2.75, 3.05) is 56.2 Å². The van der Waals surface area contributed by atoms with Crippen molar-refractivity contribution in [1.29, 1.82) is 0 Å². The van der Waals surface area contributed by atoms with Gasteiger partial charge >= 0.3 is 6.18 Å². The number of ether oxygens (including phenoxy) is 2. The highest BCUT2D eigenvalue weighted by atomic mass is 19.4. The standard InChI is InChI=1S/C33H46F3N5O3/c1-4-6-8-30(37-13-7-14-41-27-18-25(31(41)42)20-43-21-27)28(33(34,35)36)19-38-23(3)39-29-10-9-26(17-24(29)5-2)40-15-16-44-32(22-40)11-12-32/h8-10,17,19,25,27,37H,4-7,11-16,18,20-22H2,1-3H3,(H,38,39)/b28-19+,30-8-. The van der Waals surface area contributed by atoms with Crippen LogP contribution in [0.15, 0.2) is 46.7 Å². The van der Waals surface area contributed by atoms with Gasteiger partial charge in [0.05, 0.1) is 43.0 Å². The number of amidine groups is 1. The number of likely N-dealkylation sites (tertiary alicyclic amines) is 1. The van der Waals surface area contributed by atoms with E-state index in [2.05, 4.69) is 39.6 Å². The Morgan fingerprint density at radius 2 is 2.05 bits per heavy atom. The van der Waals surface area contributed by atoms with E-state index in [4.69, 9.17) is 9.47 Å². The van der Waals surface area contributed by atoms with Crippen LogP contribution in [0.4, 0.5) is 24.5 Å². The summed E-state index contributed by atoms with van der Waals surface area (Å²) in [7, 11) is 0. The molecule has 2 atom stereocenters. The summed E-state index contributed by atoms with van der Waals surface area (Å²) in [6.45, 7) is 9.92. The predicted molar refractivity (Wildman–Crippen MR) is 167 cm³/mol. The molecular formula is C33H46F3N5O3. The Morgan fingerprint density at radius 3 is 2.75 bits per heavy atom. The lowest BCUT2D eigenvalue weighted by Crippen LogP contribution is -2.44. The van der Waals surface area contributed by atoms with Crippen LogP contribution in [0.5, 0.6) is 0 Å². The van der Waals surface area contributed by atoms with Crippen LogP contribution >= 0.6 is 0 Å². The highest BCUT2D eigenvalue weighted by Gasteiger charge is 2.47. The van der Waals surface area contributed by atoms with Crippen molar-refractivity contribution in [3.05, 3.63) is 47.3 Å². The van der Waals surface area contributed by atoms with E-state index >= 15 is 0 Å². The number of aliphatic imine (C=N–C) groups is 1. The highest BCUT2D eigenvalue weighted by molar-refractivity contribution is 5.95. The monoisotopic (exact) mass is 617 g/mol. The lowest BCUT2D eigenvalue weighted by Gasteiger charge is -2.35. The average molecular weight is 618 g/mol. The van der Waals surface area contributed by atoms with Gasteiger partial charge in [0.2, 0.25) is 5.91 Å². The van der Waals surface area contributed by atoms with E-state index < -0.39 is 11.7 Å². The molecule has 1 aromatic rings. The maximum atomic E-state index is 14.3. The first-order valence-electron chi connectivity index (χ1n) is 16.1. The van der Waals surface area contributed by atoms with Crippen LogP contribution in [0.3, 0.4) is 0 Å². The summed E-state index contributed by atoms with van der Waals surface area (Å²) < 4.78 is 54.4. The molecule has 1 spiro atoms. The van der Waals surface area contributed by atoms with Crippen molar-refractivity contribution in [1.82, 2.24) is 10.2 Å². The Hall–Kier alpha value is -3.05. The molecule has 1 aliphatic carbocycles. The van der Waals surface area contributed by atoms with E-state index in [1.807, 2.05) is 17.9 Å². The van der Waals surface area contributed by atoms with Crippen molar-refractivity contribution < 1.29 is 27.4 Å². The zero-order valence-electron chi connectivity index (χ0n) is 26.1. The summed E-state index contributed by atoms with van der Waals surface area (Å²) >= 11 is 0. The van der Waals surface area contributed by atoms with E-state index in [0.717, 1.165) is 68.5 Å². The van der Waals surface area contributed by atoms with Crippen LogP contribution < -0.4 is 15.5 Å². The van der Waals surface area contributed by atoms with E-state index in [-0.39, 0.29) is 29.2 Å². The largest absolute Gasteiger partial charge is 0.419 e. The molecule has 3 aliphatic heterocycles. The number of alkyl halides is 3. The van der Waals surface area contributed by atoms with Gasteiger partial charge in [-0.1, -0.05) is 26.3 Å². The second kappa shape index (κ2) is 13.9. The third kappa shape index (κ3) is 7.77. The Kier molecular flexibility index (Phi) is 10.2. The Bertz CT molecular complexity index is 1270. The molecule has 2 bridgehead atoms. The summed E-state index contributed by atoms with van der Waals surface area (Å²) in [6, 6.07) is 6.26. The molecule has 1 saturated carbocycles. The molecule has 5 rings (SSSR count). The number of fused-ring (bicyclic) bond motifs is 2. The summed E-state index contributed by atoms with van der Waals surface area (Å²) in [5, 5.41) is 6.22. The summed E-state index contributed by atoms with van der Waals surface area (Å²) in [4.78, 5) is 21.0. The van der Waals surface area contributed by atoms with Gasteiger partial charge in [0.1, 0.15) is 5.84 Å². The molecule has 2 N–H and O–H groups in total. The zero-order chi connectivity index (χ0) is 31.3. The zero-order valence-corrected chi connectivity index (χ0v) is 26.1. The molecule has 0 radical (unpaired) electrons. The fourth-order valence-corrected chi connectivity index (χ4v) is 6.33. The smallest absolute Gasteiger partial charge is 0.385 e. The average Bonchev–Trinajstić information content (AvgIpc) is 3.71. The Balaban J connectivity index is 1.24. The number of aryl methyl sites for hydroxylation is 1. The number of carbonyl (C=O) groups is 1. The predicted octanol–water partition coefficient (Wildman–Crippen LogP) is 5.81. The molecule has 1 amide bonds. The second-order valence-corrected chi connectivity index (χ2v) is 12.4. The molecule has 11 heteroatoms. The first-order chi connectivity index (χ1) is 21.1. The van der Waals surface area contributed by atoms with Crippen LogP contribution in [0, 0.1) is 5.92 Å². The first kappa shape index (κ1) is 32.3. The van der Waals surface area contributed by atoms with Gasteiger partial charge < -0.3 is 29.9 Å². The van der Waals surface area contributed by atoms with Gasteiger partial charge in [0.15, 0.2) is 0 Å². The van der Waals surface area contributed by atoms with E-state index in [9.17, 15) is 18.0 Å². The topological polar surface area (TPSA) is 78.4 Å². The Morgan fingerprint density at radius 1 is 1.23 bits per heavy atom. The quantitative estimate of drug-likeness (QED) is 0.134. The first-order valence-corrected chi connectivity index (χ1v) is 16.1. The minimum Gasteiger partial charge on any atom is -0.385 e. The number of morpholine rings is 1. The van der Waals surface area contributed by atoms with Gasteiger partial charge in [-0.3, -0.25) is 4.79 Å². The van der Waals surface area contributed by atoms with Crippen LogP contribution in [0.1, 0.15) is 64.9 Å². The molecule has 4 fully saturated rings. The molecule has 8 nitrogen and oxygen atoms in total. The Labute approximate surface area is 258 Å². The maximum Gasteiger partial charge on any atom is 0.419 e. The fraction of sp³-hybridized carbons (Fsp3) is 0.636. The van der Waals surface area contributed by atoms with E-state index in [1.165, 1.54) is 0 Å². The number of benzene rings is 1. The number of hydrogen-bond acceptors (Lipinski definition) is 6. The van der Waals surface area contributed by atoms with Crippen molar-refractivity contribution in [2.45, 2.75) is 83.5 Å². The van der Waals surface area contributed by atoms with Gasteiger partial charge in [0, 0.05) is 49.5 Å². The molecule has 1 aromatic carbocycles. The van der Waals surface area contributed by atoms with Crippen molar-refractivity contribution in [3.8, 4) is 0 Å². The van der Waals surface area contributed by atoms with Gasteiger partial charge in [-0.2, -0.15) is 13.2 Å². The van der Waals surface area contributed by atoms with Gasteiger partial charge in [-0.15, -0.1) is 0 Å². The van der Waals surface area contributed by atoms with Crippen LogP contribution in [-0.2, 0) is 20.7 Å². The van der Waals surface area contributed by atoms with E-state index in [1.54, 1.807) is 13.0 Å². The van der Waals surface area contributed by atoms with Crippen molar-refractivity contribution in [3.63, 3.8) is 0 Å². The maximum absolute atomic E-state index is 14.3. The molecule has 3 heterocycles. The number of anilines is 2. The minimum absolute atomic E-state index is 0.0169. The number of nitrogens with zero attached hydrogens (tertiary/aromatic N) is 3. The molecule has 2 unspecified atom stereocenters. The van der Waals surface area contributed by atoms with E-state index in [0.29, 0.717) is 51.4 Å². The fourth-order valence-electron chi connectivity index (χ4n) is 6.33. The van der Waals surface area contributed by atoms with Crippen molar-refractivity contribution >= 4 is 23.1 Å². The number of amides is 1. The molecule has 0 aromatic heterocycles.